The number of fused-ring (bicyclic) bond motifs is 5. The highest BCUT2D eigenvalue weighted by molar-refractivity contribution is 7.10. The average Bonchev–Trinajstić information content (AvgIpc) is 3.47. The summed E-state index contributed by atoms with van der Waals surface area (Å²) in [5.74, 6) is -0.141. The van der Waals surface area contributed by atoms with Crippen molar-refractivity contribution in [1.29, 1.82) is 0 Å². The van der Waals surface area contributed by atoms with Crippen LogP contribution in [0, 0.1) is 22.7 Å². The van der Waals surface area contributed by atoms with Gasteiger partial charge in [0.1, 0.15) is 23.5 Å². The molecule has 11 heteroatoms. The highest BCUT2D eigenvalue weighted by Gasteiger charge is 2.39. The normalized spacial score (nSPS) is 28.3. The third-order valence-corrected chi connectivity index (χ3v) is 10.9. The Balaban J connectivity index is 1.58. The molecule has 0 spiro atoms. The van der Waals surface area contributed by atoms with Crippen molar-refractivity contribution < 1.29 is 38.4 Å². The lowest BCUT2D eigenvalue weighted by Gasteiger charge is -2.36. The van der Waals surface area contributed by atoms with Gasteiger partial charge in [-0.1, -0.05) is 119 Å². The first-order valence-corrected chi connectivity index (χ1v) is 19.7. The van der Waals surface area contributed by atoms with Gasteiger partial charge >= 0.3 is 11.9 Å². The standard InChI is InChI=1S/C44H56N2O8S/c1-8-18-35(47)43(3,4)37-23-14-12-10-11-13-22-32(51-7)27-39-45-33(28-52-39)41(49)53-38(44(5,6)36(48)19-9-2)24-17-21-31-26-30(31)20-15-16-25-40-46-34(29-55-40)42(50)54-37/h8-22,25,28-32,35-38,47-48H,23-24,26-27H2,1-7H3/b11-10-,14-12-,18-8+,19-9+,20-15+,21-17-,22-13+,25-16-/t30-,31+,32+,35+,36+,37+,38+/m1/s1. The van der Waals surface area contributed by atoms with Crippen molar-refractivity contribution in [3.05, 3.63) is 125 Å². The zero-order valence-corrected chi connectivity index (χ0v) is 33.7. The SMILES string of the molecule is C/C=C/[C@H](O)C(C)(C)[C@@H]1C/C=C\[C@H]2C[C@H]2/C=C/C=C\c2nc(cs2)C(=O)O[C@H](C(C)(C)[C@@H](O)/C=C/C)C\C=C/C=C\C=C\[C@H](OC)Cc2nc(co2)C(=O)O1. The molecule has 1 fully saturated rings. The zero-order chi connectivity index (χ0) is 40.0. The van der Waals surface area contributed by atoms with Crippen LogP contribution in [0.1, 0.15) is 92.7 Å². The van der Waals surface area contributed by atoms with E-state index in [-0.39, 0.29) is 23.9 Å². The highest BCUT2D eigenvalue weighted by atomic mass is 32.1. The van der Waals surface area contributed by atoms with Gasteiger partial charge in [-0.2, -0.15) is 0 Å². The Morgan fingerprint density at radius 3 is 2.05 bits per heavy atom. The summed E-state index contributed by atoms with van der Waals surface area (Å²) in [6.45, 7) is 11.2. The van der Waals surface area contributed by atoms with E-state index < -0.39 is 47.2 Å². The number of rotatable bonds is 7. The lowest BCUT2D eigenvalue weighted by atomic mass is 9.79. The van der Waals surface area contributed by atoms with Crippen LogP contribution in [-0.4, -0.2) is 69.7 Å². The quantitative estimate of drug-likeness (QED) is 0.208. The number of hydrogen-bond acceptors (Lipinski definition) is 11. The Kier molecular flexibility index (Phi) is 16.1. The second kappa shape index (κ2) is 20.5. The Hall–Kier alpha value is -4.42. The summed E-state index contributed by atoms with van der Waals surface area (Å²) < 4.78 is 23.2. The Morgan fingerprint density at radius 1 is 0.800 bits per heavy atom. The largest absolute Gasteiger partial charge is 0.457 e. The molecule has 1 aliphatic carbocycles. The topological polar surface area (TPSA) is 141 Å². The van der Waals surface area contributed by atoms with E-state index in [0.717, 1.165) is 6.42 Å². The predicted molar refractivity (Wildman–Crippen MR) is 216 cm³/mol. The summed E-state index contributed by atoms with van der Waals surface area (Å²) in [6, 6.07) is 0. The summed E-state index contributed by atoms with van der Waals surface area (Å²) in [4.78, 5) is 35.5. The molecule has 3 heterocycles. The Bertz CT molecular complexity index is 1810. The minimum absolute atomic E-state index is 0.0450. The number of methoxy groups -OCH3 is 1. The van der Waals surface area contributed by atoms with Crippen LogP contribution < -0.4 is 0 Å². The maximum absolute atomic E-state index is 13.4. The van der Waals surface area contributed by atoms with Crippen LogP contribution in [0.15, 0.2) is 107 Å². The molecular formula is C44H56N2O8S. The third kappa shape index (κ3) is 12.5. The fraction of sp³-hybridized carbons (Fsp3) is 0.455. The minimum Gasteiger partial charge on any atom is -0.457 e. The predicted octanol–water partition coefficient (Wildman–Crippen LogP) is 8.59. The van der Waals surface area contributed by atoms with Crippen molar-refractivity contribution in [2.75, 3.05) is 7.11 Å². The monoisotopic (exact) mass is 772 g/mol. The van der Waals surface area contributed by atoms with Gasteiger partial charge in [0.25, 0.3) is 0 Å². The number of carbonyl (C=O) groups excluding carboxylic acids is 2. The number of carbonyl (C=O) groups is 2. The van der Waals surface area contributed by atoms with Gasteiger partial charge in [0, 0.05) is 36.2 Å². The zero-order valence-electron chi connectivity index (χ0n) is 32.9. The number of ether oxygens (including phenoxy) is 3. The van der Waals surface area contributed by atoms with Crippen molar-refractivity contribution in [3.63, 3.8) is 0 Å². The molecule has 0 unspecified atom stereocenters. The van der Waals surface area contributed by atoms with Gasteiger partial charge in [-0.3, -0.25) is 0 Å². The molecule has 1 aliphatic heterocycles. The molecule has 2 N–H and O–H groups in total. The minimum atomic E-state index is -0.840. The van der Waals surface area contributed by atoms with Crippen molar-refractivity contribution >= 4 is 29.4 Å². The lowest BCUT2D eigenvalue weighted by Crippen LogP contribution is -2.42. The van der Waals surface area contributed by atoms with Gasteiger partial charge in [0.2, 0.25) is 0 Å². The van der Waals surface area contributed by atoms with Gasteiger partial charge in [0.05, 0.1) is 24.7 Å². The van der Waals surface area contributed by atoms with E-state index in [9.17, 15) is 19.8 Å². The number of cyclic esters (lactones) is 2. The number of thiazole rings is 1. The van der Waals surface area contributed by atoms with Crippen LogP contribution in [0.4, 0.5) is 0 Å². The van der Waals surface area contributed by atoms with Crippen LogP contribution in [-0.2, 0) is 20.6 Å². The van der Waals surface area contributed by atoms with Crippen LogP contribution >= 0.6 is 11.3 Å². The van der Waals surface area contributed by atoms with Crippen LogP contribution in [0.3, 0.4) is 0 Å². The molecule has 2 aromatic rings. The number of aliphatic hydroxyl groups excluding tert-OH is 2. The fourth-order valence-corrected chi connectivity index (χ4v) is 6.67. The van der Waals surface area contributed by atoms with Crippen molar-refractivity contribution in [2.45, 2.75) is 97.7 Å². The molecule has 55 heavy (non-hydrogen) atoms. The molecule has 2 aliphatic rings. The van der Waals surface area contributed by atoms with E-state index in [2.05, 4.69) is 22.1 Å². The molecule has 2 aromatic heterocycles. The van der Waals surface area contributed by atoms with Crippen molar-refractivity contribution in [2.24, 2.45) is 22.7 Å². The van der Waals surface area contributed by atoms with E-state index in [4.69, 9.17) is 18.6 Å². The summed E-state index contributed by atoms with van der Waals surface area (Å²) >= 11 is 1.35. The molecule has 1 saturated carbocycles. The summed E-state index contributed by atoms with van der Waals surface area (Å²) in [5, 5.41) is 24.2. The van der Waals surface area contributed by atoms with Crippen LogP contribution in [0.25, 0.3) is 6.08 Å². The van der Waals surface area contributed by atoms with Gasteiger partial charge in [-0.25, -0.2) is 19.6 Å². The van der Waals surface area contributed by atoms with Gasteiger partial charge in [0.15, 0.2) is 17.3 Å². The summed E-state index contributed by atoms with van der Waals surface area (Å²) in [5.41, 5.74) is -1.32. The van der Waals surface area contributed by atoms with Gasteiger partial charge in [-0.05, 0) is 38.2 Å². The van der Waals surface area contributed by atoms with E-state index in [1.807, 2.05) is 102 Å². The second-order valence-electron chi connectivity index (χ2n) is 15.0. The number of hydrogen-bond donors (Lipinski definition) is 2. The number of aliphatic hydroxyl groups is 2. The number of allylic oxidation sites excluding steroid dienone is 10. The molecule has 296 valence electrons. The summed E-state index contributed by atoms with van der Waals surface area (Å²) in [7, 11) is 1.58. The molecule has 10 nitrogen and oxygen atoms in total. The average molecular weight is 773 g/mol. The molecule has 0 radical (unpaired) electrons. The first kappa shape index (κ1) is 43.3. The number of oxazole rings is 1. The van der Waals surface area contributed by atoms with E-state index >= 15 is 0 Å². The maximum atomic E-state index is 13.4. The molecule has 4 rings (SSSR count). The Morgan fingerprint density at radius 2 is 1.40 bits per heavy atom. The molecule has 7 atom stereocenters. The van der Waals surface area contributed by atoms with Crippen molar-refractivity contribution in [3.8, 4) is 0 Å². The van der Waals surface area contributed by atoms with E-state index in [1.165, 1.54) is 17.6 Å². The smallest absolute Gasteiger partial charge is 0.360 e. The highest BCUT2D eigenvalue weighted by Crippen LogP contribution is 2.41. The molecule has 0 saturated heterocycles. The first-order valence-electron chi connectivity index (χ1n) is 18.8. The molecule has 4 bridgehead atoms. The fourth-order valence-electron chi connectivity index (χ4n) is 5.98. The Labute approximate surface area is 329 Å². The number of esters is 2. The van der Waals surface area contributed by atoms with Gasteiger partial charge in [-0.15, -0.1) is 11.3 Å². The first-order chi connectivity index (χ1) is 26.3. The van der Waals surface area contributed by atoms with Gasteiger partial charge < -0.3 is 28.8 Å². The van der Waals surface area contributed by atoms with Crippen molar-refractivity contribution in [1.82, 2.24) is 9.97 Å². The summed E-state index contributed by atoms with van der Waals surface area (Å²) in [6.07, 6.45) is 30.1. The molecule has 0 aromatic carbocycles. The lowest BCUT2D eigenvalue weighted by molar-refractivity contribution is -0.0461. The second-order valence-corrected chi connectivity index (χ2v) is 15.8. The van der Waals surface area contributed by atoms with E-state index in [1.54, 1.807) is 36.8 Å². The maximum Gasteiger partial charge on any atom is 0.360 e. The number of aromatic nitrogens is 2. The van der Waals surface area contributed by atoms with Crippen LogP contribution in [0.2, 0.25) is 0 Å². The third-order valence-electron chi connectivity index (χ3n) is 10.1. The number of nitrogens with zero attached hydrogens (tertiary/aromatic N) is 2. The molecular weight excluding hydrogens is 717 g/mol. The van der Waals surface area contributed by atoms with Crippen LogP contribution in [0.5, 0.6) is 0 Å². The van der Waals surface area contributed by atoms with E-state index in [0.29, 0.717) is 35.6 Å². The molecule has 0 amide bonds.